The van der Waals surface area contributed by atoms with Crippen molar-refractivity contribution in [1.82, 2.24) is 14.7 Å². The van der Waals surface area contributed by atoms with Crippen LogP contribution in [0.3, 0.4) is 0 Å². The average molecular weight is 486 g/mol. The molecule has 9 heteroatoms. The fourth-order valence-corrected chi connectivity index (χ4v) is 4.68. The smallest absolute Gasteiger partial charge is 0.256 e. The van der Waals surface area contributed by atoms with E-state index in [1.165, 1.54) is 0 Å². The Labute approximate surface area is 204 Å². The maximum atomic E-state index is 13.4. The molecule has 2 aliphatic heterocycles. The summed E-state index contributed by atoms with van der Waals surface area (Å²) in [6, 6.07) is 15.6. The zero-order chi connectivity index (χ0) is 23.4. The van der Waals surface area contributed by atoms with E-state index in [9.17, 15) is 9.59 Å². The quantitative estimate of drug-likeness (QED) is 0.608. The summed E-state index contributed by atoms with van der Waals surface area (Å²) in [7, 11) is 2.12. The predicted molar refractivity (Wildman–Crippen MR) is 136 cm³/mol. The molecule has 2 heterocycles. The lowest BCUT2D eigenvalue weighted by Crippen LogP contribution is -2.48. The molecule has 1 atom stereocenters. The fraction of sp³-hybridized carbons (Fsp3) is 0.375. The molecule has 0 saturated carbocycles. The molecule has 174 valence electrons. The second-order valence-electron chi connectivity index (χ2n) is 8.41. The van der Waals surface area contributed by atoms with Gasteiger partial charge in [0.25, 0.3) is 5.91 Å². The van der Waals surface area contributed by atoms with Gasteiger partial charge in [-0.15, -0.1) is 0 Å². The van der Waals surface area contributed by atoms with Crippen molar-refractivity contribution in [3.8, 4) is 0 Å². The number of halogens is 1. The first-order chi connectivity index (χ1) is 15.9. The number of nitrogens with zero attached hydrogens (tertiary/aromatic N) is 4. The predicted octanol–water partition coefficient (Wildman–Crippen LogP) is 2.92. The minimum atomic E-state index is -0.641. The van der Waals surface area contributed by atoms with Crippen molar-refractivity contribution in [2.24, 2.45) is 0 Å². The SMILES string of the molecule is CN1CCN(CCN2C(=S)N(c3ccccc3)C(=O)C2CC(=O)Nc2ccc(Cl)cc2)CC1. The molecule has 1 N–H and O–H groups in total. The second kappa shape index (κ2) is 10.6. The highest BCUT2D eigenvalue weighted by Gasteiger charge is 2.44. The summed E-state index contributed by atoms with van der Waals surface area (Å²) in [5, 5.41) is 3.91. The standard InChI is InChI=1S/C24H28ClN5O2S/c1-27-11-13-28(14-12-27)15-16-29-21(17-22(31)26-19-9-7-18(25)8-10-19)23(32)30(24(29)33)20-5-3-2-4-6-20/h2-10,21H,11-17H2,1H3,(H,26,31). The van der Waals surface area contributed by atoms with E-state index in [1.807, 2.05) is 35.2 Å². The van der Waals surface area contributed by atoms with Crippen LogP contribution in [0.25, 0.3) is 0 Å². The molecule has 7 nitrogen and oxygen atoms in total. The van der Waals surface area contributed by atoms with E-state index in [0.29, 0.717) is 22.4 Å². The molecule has 0 spiro atoms. The lowest BCUT2D eigenvalue weighted by atomic mass is 10.1. The van der Waals surface area contributed by atoms with Gasteiger partial charge >= 0.3 is 0 Å². The Hall–Kier alpha value is -2.52. The second-order valence-corrected chi connectivity index (χ2v) is 9.21. The van der Waals surface area contributed by atoms with Crippen molar-refractivity contribution in [3.63, 3.8) is 0 Å². The topological polar surface area (TPSA) is 59.1 Å². The van der Waals surface area contributed by atoms with Crippen LogP contribution in [-0.4, -0.2) is 84.0 Å². The summed E-state index contributed by atoms with van der Waals surface area (Å²) >= 11 is 11.7. The first kappa shape index (κ1) is 23.6. The third-order valence-electron chi connectivity index (χ3n) is 6.09. The monoisotopic (exact) mass is 485 g/mol. The van der Waals surface area contributed by atoms with Crippen molar-refractivity contribution >= 4 is 52.1 Å². The Morgan fingerprint density at radius 1 is 1.03 bits per heavy atom. The normalized spacial score (nSPS) is 19.9. The number of thiocarbonyl (C=S) groups is 1. The highest BCUT2D eigenvalue weighted by atomic mass is 35.5. The van der Waals surface area contributed by atoms with Gasteiger partial charge in [-0.25, -0.2) is 0 Å². The molecule has 2 amide bonds. The lowest BCUT2D eigenvalue weighted by molar-refractivity contribution is -0.124. The molecule has 2 fully saturated rings. The van der Waals surface area contributed by atoms with Gasteiger partial charge in [0.2, 0.25) is 5.91 Å². The van der Waals surface area contributed by atoms with E-state index in [0.717, 1.165) is 38.4 Å². The molecule has 2 aromatic rings. The Balaban J connectivity index is 1.48. The molecule has 0 bridgehead atoms. The molecule has 33 heavy (non-hydrogen) atoms. The minimum Gasteiger partial charge on any atom is -0.335 e. The number of hydrogen-bond donors (Lipinski definition) is 1. The van der Waals surface area contributed by atoms with E-state index in [2.05, 4.69) is 22.2 Å². The van der Waals surface area contributed by atoms with Gasteiger partial charge in [-0.2, -0.15) is 0 Å². The van der Waals surface area contributed by atoms with Crippen LogP contribution in [0.1, 0.15) is 6.42 Å². The van der Waals surface area contributed by atoms with Crippen LogP contribution in [0.15, 0.2) is 54.6 Å². The van der Waals surface area contributed by atoms with E-state index >= 15 is 0 Å². The van der Waals surface area contributed by atoms with Crippen molar-refractivity contribution < 1.29 is 9.59 Å². The maximum absolute atomic E-state index is 13.4. The number of carbonyl (C=O) groups is 2. The Morgan fingerprint density at radius 2 is 1.70 bits per heavy atom. The molecule has 0 aliphatic carbocycles. The highest BCUT2D eigenvalue weighted by molar-refractivity contribution is 7.80. The number of nitrogens with one attached hydrogen (secondary N) is 1. The first-order valence-electron chi connectivity index (χ1n) is 11.1. The van der Waals surface area contributed by atoms with Gasteiger partial charge in [0.05, 0.1) is 12.1 Å². The maximum Gasteiger partial charge on any atom is 0.256 e. The van der Waals surface area contributed by atoms with Crippen LogP contribution in [0.4, 0.5) is 11.4 Å². The van der Waals surface area contributed by atoms with Crippen molar-refractivity contribution in [2.45, 2.75) is 12.5 Å². The van der Waals surface area contributed by atoms with Gasteiger partial charge in [0.15, 0.2) is 5.11 Å². The van der Waals surface area contributed by atoms with Crippen LogP contribution in [0, 0.1) is 0 Å². The number of likely N-dealkylation sites (N-methyl/N-ethyl adjacent to an activating group) is 1. The van der Waals surface area contributed by atoms with Gasteiger partial charge in [0, 0.05) is 50.0 Å². The number of rotatable bonds is 7. The van der Waals surface area contributed by atoms with E-state index < -0.39 is 6.04 Å². The lowest BCUT2D eigenvalue weighted by Gasteiger charge is -2.34. The van der Waals surface area contributed by atoms with E-state index in [1.54, 1.807) is 29.2 Å². The third kappa shape index (κ3) is 5.70. The van der Waals surface area contributed by atoms with E-state index in [4.69, 9.17) is 23.8 Å². The summed E-state index contributed by atoms with van der Waals surface area (Å²) in [4.78, 5) is 34.4. The largest absolute Gasteiger partial charge is 0.335 e. The van der Waals surface area contributed by atoms with Crippen molar-refractivity contribution in [3.05, 3.63) is 59.6 Å². The molecule has 4 rings (SSSR count). The number of anilines is 2. The summed E-state index contributed by atoms with van der Waals surface area (Å²) < 4.78 is 0. The molecule has 0 radical (unpaired) electrons. The van der Waals surface area contributed by atoms with Gasteiger partial charge in [-0.1, -0.05) is 29.8 Å². The molecule has 2 aromatic carbocycles. The molecular formula is C24H28ClN5O2S. The highest BCUT2D eigenvalue weighted by Crippen LogP contribution is 2.27. The van der Waals surface area contributed by atoms with Gasteiger partial charge in [-0.3, -0.25) is 19.4 Å². The zero-order valence-electron chi connectivity index (χ0n) is 18.6. The molecule has 2 saturated heterocycles. The fourth-order valence-electron chi connectivity index (χ4n) is 4.14. The Kier molecular flexibility index (Phi) is 7.60. The van der Waals surface area contributed by atoms with Crippen LogP contribution >= 0.6 is 23.8 Å². The molecule has 2 aliphatic rings. The van der Waals surface area contributed by atoms with Crippen molar-refractivity contribution in [1.29, 1.82) is 0 Å². The minimum absolute atomic E-state index is 0.0215. The summed E-state index contributed by atoms with van der Waals surface area (Å²) in [6.07, 6.45) is 0.0215. The summed E-state index contributed by atoms with van der Waals surface area (Å²) in [5.41, 5.74) is 1.36. The summed E-state index contributed by atoms with van der Waals surface area (Å²) in [6.45, 7) is 5.39. The van der Waals surface area contributed by atoms with Gasteiger partial charge in [0.1, 0.15) is 6.04 Å². The number of hydrogen-bond acceptors (Lipinski definition) is 5. The number of amides is 2. The zero-order valence-corrected chi connectivity index (χ0v) is 20.2. The van der Waals surface area contributed by atoms with E-state index in [-0.39, 0.29) is 18.2 Å². The molecular weight excluding hydrogens is 458 g/mol. The van der Waals surface area contributed by atoms with Gasteiger partial charge < -0.3 is 15.1 Å². The first-order valence-corrected chi connectivity index (χ1v) is 11.9. The third-order valence-corrected chi connectivity index (χ3v) is 6.76. The number of para-hydroxylation sites is 1. The Morgan fingerprint density at radius 3 is 2.36 bits per heavy atom. The number of carbonyl (C=O) groups excluding carboxylic acids is 2. The molecule has 1 unspecified atom stereocenters. The molecule has 0 aromatic heterocycles. The average Bonchev–Trinajstić information content (AvgIpc) is 3.04. The van der Waals surface area contributed by atoms with Crippen LogP contribution in [-0.2, 0) is 9.59 Å². The van der Waals surface area contributed by atoms with Crippen LogP contribution in [0.2, 0.25) is 5.02 Å². The van der Waals surface area contributed by atoms with Crippen LogP contribution in [0.5, 0.6) is 0 Å². The van der Waals surface area contributed by atoms with Gasteiger partial charge in [-0.05, 0) is 55.7 Å². The van der Waals surface area contributed by atoms with Crippen molar-refractivity contribution in [2.75, 3.05) is 56.5 Å². The number of benzene rings is 2. The Bertz CT molecular complexity index is 996. The number of piperazine rings is 1. The summed E-state index contributed by atoms with van der Waals surface area (Å²) in [5.74, 6) is -0.409. The van der Waals surface area contributed by atoms with Crippen LogP contribution < -0.4 is 10.2 Å².